The van der Waals surface area contributed by atoms with Crippen LogP contribution in [0.4, 0.5) is 0 Å². The summed E-state index contributed by atoms with van der Waals surface area (Å²) in [4.78, 5) is 11.5. The highest BCUT2D eigenvalue weighted by Crippen LogP contribution is 2.19. The van der Waals surface area contributed by atoms with Crippen molar-refractivity contribution in [2.45, 2.75) is 45.4 Å². The molecule has 0 aromatic carbocycles. The van der Waals surface area contributed by atoms with Crippen molar-refractivity contribution in [3.8, 4) is 0 Å². The Morgan fingerprint density at radius 1 is 1.24 bits per heavy atom. The largest absolute Gasteiger partial charge is 0.491 e. The summed E-state index contributed by atoms with van der Waals surface area (Å²) in [6.45, 7) is 19.3. The molecule has 5 heteroatoms. The third-order valence-electron chi connectivity index (χ3n) is 2.17. The van der Waals surface area contributed by atoms with Crippen LogP contribution in [-0.2, 0) is 13.6 Å². The molecule has 1 unspecified atom stereocenters. The molecule has 0 aromatic rings. The number of hydrogen-bond acceptors (Lipinski definition) is 3. The quantitative estimate of drug-likeness (QED) is 0.423. The molecular formula is C12H24O3Si2. The standard InChI is InChI=1S/C12H24O3Si2/c1-9-11(16(4,5)6)14-17(7,8)15-12(13)10(2)3/h9,11H,1-2H2,3-8H3. The highest BCUT2D eigenvalue weighted by atomic mass is 28.4. The lowest BCUT2D eigenvalue weighted by molar-refractivity contribution is -0.132. The fourth-order valence-electron chi connectivity index (χ4n) is 1.22. The minimum absolute atomic E-state index is 0.00193. The van der Waals surface area contributed by atoms with Gasteiger partial charge in [-0.15, -0.1) is 6.58 Å². The van der Waals surface area contributed by atoms with E-state index in [4.69, 9.17) is 8.85 Å². The molecule has 0 radical (unpaired) electrons. The number of carbonyl (C=O) groups is 1. The Kier molecular flexibility index (Phi) is 5.57. The Balaban J connectivity index is 4.68. The van der Waals surface area contributed by atoms with Gasteiger partial charge in [-0.1, -0.05) is 32.3 Å². The van der Waals surface area contributed by atoms with E-state index in [1.165, 1.54) is 0 Å². The van der Waals surface area contributed by atoms with E-state index in [1.54, 1.807) is 6.92 Å². The Labute approximate surface area is 107 Å². The van der Waals surface area contributed by atoms with Crippen LogP contribution in [0, 0.1) is 0 Å². The summed E-state index contributed by atoms with van der Waals surface area (Å²) in [5.74, 6) is -0.375. The van der Waals surface area contributed by atoms with Crippen LogP contribution in [0.25, 0.3) is 0 Å². The monoisotopic (exact) mass is 272 g/mol. The molecule has 0 fully saturated rings. The first kappa shape index (κ1) is 16.3. The van der Waals surface area contributed by atoms with Crippen molar-refractivity contribution in [2.24, 2.45) is 0 Å². The van der Waals surface area contributed by atoms with Crippen LogP contribution in [0.2, 0.25) is 32.7 Å². The highest BCUT2D eigenvalue weighted by molar-refractivity contribution is 6.79. The van der Waals surface area contributed by atoms with Gasteiger partial charge in [-0.2, -0.15) is 0 Å². The molecule has 0 rings (SSSR count). The zero-order valence-corrected chi connectivity index (χ0v) is 13.8. The Morgan fingerprint density at radius 2 is 1.71 bits per heavy atom. The molecule has 0 saturated heterocycles. The fraction of sp³-hybridized carbons (Fsp3) is 0.583. The van der Waals surface area contributed by atoms with Gasteiger partial charge in [-0.25, -0.2) is 4.79 Å². The second-order valence-corrected chi connectivity index (χ2v) is 14.3. The van der Waals surface area contributed by atoms with E-state index in [0.29, 0.717) is 5.57 Å². The summed E-state index contributed by atoms with van der Waals surface area (Å²) >= 11 is 0. The number of carbonyl (C=O) groups excluding carboxylic acids is 1. The van der Waals surface area contributed by atoms with E-state index in [1.807, 2.05) is 19.2 Å². The number of rotatable bonds is 6. The molecule has 98 valence electrons. The first-order valence-corrected chi connectivity index (χ1v) is 12.1. The first-order chi connectivity index (χ1) is 7.49. The maximum absolute atomic E-state index is 11.5. The third-order valence-corrected chi connectivity index (χ3v) is 5.96. The Hall–Kier alpha value is -0.656. The average Bonchev–Trinajstić information content (AvgIpc) is 2.11. The topological polar surface area (TPSA) is 35.5 Å². The molecule has 0 amide bonds. The minimum atomic E-state index is -2.47. The van der Waals surface area contributed by atoms with E-state index in [-0.39, 0.29) is 11.7 Å². The second kappa shape index (κ2) is 5.79. The fourth-order valence-corrected chi connectivity index (χ4v) is 5.57. The van der Waals surface area contributed by atoms with Crippen molar-refractivity contribution in [1.29, 1.82) is 0 Å². The van der Waals surface area contributed by atoms with Crippen LogP contribution < -0.4 is 0 Å². The van der Waals surface area contributed by atoms with Crippen LogP contribution in [0.5, 0.6) is 0 Å². The molecule has 0 N–H and O–H groups in total. The maximum atomic E-state index is 11.5. The lowest BCUT2D eigenvalue weighted by Gasteiger charge is -2.33. The van der Waals surface area contributed by atoms with Gasteiger partial charge in [0.2, 0.25) is 0 Å². The molecule has 17 heavy (non-hydrogen) atoms. The zero-order valence-electron chi connectivity index (χ0n) is 11.8. The smallest absolute Gasteiger partial charge is 0.395 e. The van der Waals surface area contributed by atoms with Crippen LogP contribution in [0.15, 0.2) is 24.8 Å². The van der Waals surface area contributed by atoms with E-state index < -0.39 is 16.6 Å². The predicted molar refractivity (Wildman–Crippen MR) is 76.8 cm³/mol. The van der Waals surface area contributed by atoms with Crippen molar-refractivity contribution in [3.63, 3.8) is 0 Å². The molecule has 0 aliphatic carbocycles. The molecule has 3 nitrogen and oxygen atoms in total. The van der Waals surface area contributed by atoms with Crippen molar-refractivity contribution in [3.05, 3.63) is 24.8 Å². The molecule has 0 aliphatic heterocycles. The van der Waals surface area contributed by atoms with Gasteiger partial charge in [-0.3, -0.25) is 0 Å². The second-order valence-electron chi connectivity index (χ2n) is 5.71. The predicted octanol–water partition coefficient (Wildman–Crippen LogP) is 3.26. The molecule has 0 aliphatic rings. The summed E-state index contributed by atoms with van der Waals surface area (Å²) in [6, 6.07) is 0. The number of hydrogen-bond donors (Lipinski definition) is 0. The lowest BCUT2D eigenvalue weighted by atomic mass is 10.4. The van der Waals surface area contributed by atoms with Crippen LogP contribution >= 0.6 is 0 Å². The first-order valence-electron chi connectivity index (χ1n) is 5.69. The lowest BCUT2D eigenvalue weighted by Crippen LogP contribution is -2.48. The van der Waals surface area contributed by atoms with Crippen molar-refractivity contribution >= 4 is 22.6 Å². The molecular weight excluding hydrogens is 248 g/mol. The maximum Gasteiger partial charge on any atom is 0.395 e. The van der Waals surface area contributed by atoms with Crippen LogP contribution in [-0.4, -0.2) is 28.3 Å². The summed E-state index contributed by atoms with van der Waals surface area (Å²) in [7, 11) is -3.96. The summed E-state index contributed by atoms with van der Waals surface area (Å²) in [5, 5.41) is 0. The van der Waals surface area contributed by atoms with E-state index in [0.717, 1.165) is 0 Å². The average molecular weight is 272 g/mol. The van der Waals surface area contributed by atoms with E-state index in [2.05, 4.69) is 32.8 Å². The van der Waals surface area contributed by atoms with Crippen molar-refractivity contribution in [1.82, 2.24) is 0 Å². The van der Waals surface area contributed by atoms with Gasteiger partial charge in [0.25, 0.3) is 0 Å². The Morgan fingerprint density at radius 3 is 2.00 bits per heavy atom. The van der Waals surface area contributed by atoms with E-state index in [9.17, 15) is 4.79 Å². The van der Waals surface area contributed by atoms with Gasteiger partial charge in [-0.05, 0) is 20.0 Å². The van der Waals surface area contributed by atoms with Gasteiger partial charge in [0, 0.05) is 5.57 Å². The van der Waals surface area contributed by atoms with Crippen molar-refractivity contribution in [2.75, 3.05) is 0 Å². The third kappa shape index (κ3) is 6.00. The summed E-state index contributed by atoms with van der Waals surface area (Å²) < 4.78 is 11.4. The minimum Gasteiger partial charge on any atom is -0.491 e. The molecule has 0 bridgehead atoms. The Bertz CT molecular complexity index is 316. The molecule has 0 aromatic heterocycles. The zero-order chi connectivity index (χ0) is 13.9. The summed E-state index contributed by atoms with van der Waals surface area (Å²) in [6.07, 6.45) is 1.82. The van der Waals surface area contributed by atoms with Gasteiger partial charge in [0.15, 0.2) is 0 Å². The highest BCUT2D eigenvalue weighted by Gasteiger charge is 2.36. The van der Waals surface area contributed by atoms with Crippen LogP contribution in [0.1, 0.15) is 6.92 Å². The molecule has 0 saturated carbocycles. The van der Waals surface area contributed by atoms with E-state index >= 15 is 0 Å². The molecule has 1 atom stereocenters. The van der Waals surface area contributed by atoms with Crippen molar-refractivity contribution < 1.29 is 13.6 Å². The van der Waals surface area contributed by atoms with Gasteiger partial charge < -0.3 is 8.85 Å². The SMILES string of the molecule is C=CC(O[Si](C)(C)OC(=O)C(=C)C)[Si](C)(C)C. The normalized spacial score (nSPS) is 14.0. The van der Waals surface area contributed by atoms with Gasteiger partial charge >= 0.3 is 14.5 Å². The van der Waals surface area contributed by atoms with Gasteiger partial charge in [0.05, 0.1) is 13.8 Å². The summed E-state index contributed by atoms with van der Waals surface area (Å²) in [5.41, 5.74) is 0.402. The molecule has 0 spiro atoms. The van der Waals surface area contributed by atoms with Crippen LogP contribution in [0.3, 0.4) is 0 Å². The van der Waals surface area contributed by atoms with Gasteiger partial charge in [0.1, 0.15) is 0 Å². The molecule has 0 heterocycles.